The Bertz CT molecular complexity index is 917. The predicted octanol–water partition coefficient (Wildman–Crippen LogP) is 0.243. The Morgan fingerprint density at radius 1 is 1.06 bits per heavy atom. The number of esters is 2. The first kappa shape index (κ1) is 24.3. The maximum atomic E-state index is 12.7. The number of urea groups is 1. The highest BCUT2D eigenvalue weighted by molar-refractivity contribution is 5.95. The number of methoxy groups -OCH3 is 2. The molecule has 12 heteroatoms. The monoisotopic (exact) mass is 451 g/mol. The molecule has 0 spiro atoms. The lowest BCUT2D eigenvalue weighted by Gasteiger charge is -2.26. The molecule has 0 saturated carbocycles. The zero-order chi connectivity index (χ0) is 23.8. The molecule has 4 N–H and O–H groups in total. The van der Waals surface area contributed by atoms with E-state index in [2.05, 4.69) is 10.6 Å². The number of hydrogen-bond donors (Lipinski definition) is 3. The van der Waals surface area contributed by atoms with Crippen molar-refractivity contribution in [3.63, 3.8) is 0 Å². The molecule has 3 amide bonds. The second-order valence-electron chi connectivity index (χ2n) is 6.47. The second kappa shape index (κ2) is 10.9. The molecule has 0 fully saturated rings. The van der Waals surface area contributed by atoms with Gasteiger partial charge in [0, 0.05) is 0 Å². The van der Waals surface area contributed by atoms with E-state index < -0.39 is 43.1 Å². The van der Waals surface area contributed by atoms with Crippen LogP contribution in [-0.2, 0) is 19.1 Å². The Kier molecular flexibility index (Phi) is 8.27. The molecule has 1 aliphatic heterocycles. The van der Waals surface area contributed by atoms with Gasteiger partial charge in [0.25, 0.3) is 5.91 Å². The van der Waals surface area contributed by atoms with Gasteiger partial charge in [0.2, 0.25) is 5.75 Å². The SMILES string of the molecule is CCOC(=O)C1=C(COC(=O)c2cc(OC)c(OCC(N)=O)c(OC)c2)NC(=O)NC1C. The van der Waals surface area contributed by atoms with Crippen molar-refractivity contribution in [2.45, 2.75) is 19.9 Å². The molecule has 1 aromatic carbocycles. The smallest absolute Gasteiger partial charge is 0.338 e. The van der Waals surface area contributed by atoms with Crippen molar-refractivity contribution in [1.29, 1.82) is 0 Å². The van der Waals surface area contributed by atoms with Gasteiger partial charge in [-0.1, -0.05) is 0 Å². The average Bonchev–Trinajstić information content (AvgIpc) is 2.74. The molecule has 32 heavy (non-hydrogen) atoms. The molecule has 0 bridgehead atoms. The van der Waals surface area contributed by atoms with Crippen LogP contribution in [0.5, 0.6) is 17.2 Å². The number of amides is 3. The average molecular weight is 451 g/mol. The Morgan fingerprint density at radius 3 is 2.22 bits per heavy atom. The second-order valence-corrected chi connectivity index (χ2v) is 6.47. The third-order valence-electron chi connectivity index (χ3n) is 4.27. The first-order valence-corrected chi connectivity index (χ1v) is 9.53. The summed E-state index contributed by atoms with van der Waals surface area (Å²) >= 11 is 0. The van der Waals surface area contributed by atoms with Crippen LogP contribution in [0.25, 0.3) is 0 Å². The zero-order valence-electron chi connectivity index (χ0n) is 18.1. The number of hydrogen-bond acceptors (Lipinski definition) is 9. The summed E-state index contributed by atoms with van der Waals surface area (Å²) in [5.41, 5.74) is 5.38. The highest BCUT2D eigenvalue weighted by Crippen LogP contribution is 2.38. The van der Waals surface area contributed by atoms with Gasteiger partial charge in [-0.25, -0.2) is 14.4 Å². The summed E-state index contributed by atoms with van der Waals surface area (Å²) < 4.78 is 26.0. The minimum absolute atomic E-state index is 0.0386. The van der Waals surface area contributed by atoms with Crippen molar-refractivity contribution in [1.82, 2.24) is 10.6 Å². The Hall–Kier alpha value is -3.96. The van der Waals surface area contributed by atoms with Crippen LogP contribution in [0.4, 0.5) is 4.79 Å². The van der Waals surface area contributed by atoms with E-state index in [1.54, 1.807) is 13.8 Å². The summed E-state index contributed by atoms with van der Waals surface area (Å²) in [6, 6.07) is 1.46. The van der Waals surface area contributed by atoms with Crippen LogP contribution in [0.15, 0.2) is 23.4 Å². The van der Waals surface area contributed by atoms with Crippen LogP contribution in [0.1, 0.15) is 24.2 Å². The maximum Gasteiger partial charge on any atom is 0.338 e. The predicted molar refractivity (Wildman–Crippen MR) is 109 cm³/mol. The minimum Gasteiger partial charge on any atom is -0.493 e. The molecule has 0 radical (unpaired) electrons. The minimum atomic E-state index is -0.792. The highest BCUT2D eigenvalue weighted by atomic mass is 16.5. The van der Waals surface area contributed by atoms with Gasteiger partial charge in [0.05, 0.1) is 43.7 Å². The molecule has 1 heterocycles. The number of ether oxygens (including phenoxy) is 5. The molecule has 174 valence electrons. The normalized spacial score (nSPS) is 15.2. The lowest BCUT2D eigenvalue weighted by molar-refractivity contribution is -0.139. The van der Waals surface area contributed by atoms with Crippen LogP contribution in [0, 0.1) is 0 Å². The Balaban J connectivity index is 2.27. The van der Waals surface area contributed by atoms with Gasteiger partial charge in [-0.2, -0.15) is 0 Å². The molecule has 1 unspecified atom stereocenters. The summed E-state index contributed by atoms with van der Waals surface area (Å²) in [5.74, 6) is -1.85. The third-order valence-corrected chi connectivity index (χ3v) is 4.27. The van der Waals surface area contributed by atoms with Gasteiger partial charge in [0.15, 0.2) is 18.1 Å². The van der Waals surface area contributed by atoms with E-state index in [1.807, 2.05) is 0 Å². The molecular weight excluding hydrogens is 426 g/mol. The van der Waals surface area contributed by atoms with Crippen molar-refractivity contribution in [2.75, 3.05) is 34.0 Å². The molecule has 0 aliphatic carbocycles. The summed E-state index contributed by atoms with van der Waals surface area (Å²) in [7, 11) is 2.67. The standard InChI is InChI=1S/C20H25N3O9/c1-5-30-19(26)16-10(2)22-20(27)23-12(16)8-32-18(25)11-6-13(28-3)17(14(7-11)29-4)31-9-15(21)24/h6-7,10H,5,8-9H2,1-4H3,(H2,21,24)(H2,22,23,27). The van der Waals surface area contributed by atoms with E-state index in [0.29, 0.717) is 0 Å². The van der Waals surface area contributed by atoms with Crippen LogP contribution in [-0.4, -0.2) is 64.0 Å². The topological polar surface area (TPSA) is 165 Å². The van der Waals surface area contributed by atoms with Crippen LogP contribution < -0.4 is 30.6 Å². The molecule has 0 saturated heterocycles. The molecule has 1 aromatic rings. The fourth-order valence-electron chi connectivity index (χ4n) is 2.90. The molecule has 1 aliphatic rings. The van der Waals surface area contributed by atoms with Crippen molar-refractivity contribution in [3.8, 4) is 17.2 Å². The number of carbonyl (C=O) groups excluding carboxylic acids is 4. The number of nitrogens with two attached hydrogens (primary N) is 1. The molecule has 1 atom stereocenters. The quantitative estimate of drug-likeness (QED) is 0.423. The number of nitrogens with one attached hydrogen (secondary N) is 2. The first-order chi connectivity index (χ1) is 15.2. The van der Waals surface area contributed by atoms with Gasteiger partial charge >= 0.3 is 18.0 Å². The van der Waals surface area contributed by atoms with Gasteiger partial charge in [0.1, 0.15) is 6.61 Å². The number of rotatable bonds is 10. The van der Waals surface area contributed by atoms with Gasteiger partial charge in [-0.3, -0.25) is 4.79 Å². The van der Waals surface area contributed by atoms with Crippen molar-refractivity contribution in [3.05, 3.63) is 29.0 Å². The summed E-state index contributed by atoms with van der Waals surface area (Å²) in [5, 5.41) is 5.01. The van der Waals surface area contributed by atoms with Crippen molar-refractivity contribution < 1.29 is 42.9 Å². The summed E-state index contributed by atoms with van der Waals surface area (Å²) in [6.07, 6.45) is 0. The lowest BCUT2D eigenvalue weighted by Crippen LogP contribution is -2.50. The van der Waals surface area contributed by atoms with Crippen molar-refractivity contribution in [2.24, 2.45) is 5.73 Å². The summed E-state index contributed by atoms with van der Waals surface area (Å²) in [4.78, 5) is 47.7. The van der Waals surface area contributed by atoms with Crippen LogP contribution in [0.2, 0.25) is 0 Å². The fraction of sp³-hybridized carbons (Fsp3) is 0.400. The molecule has 2 rings (SSSR count). The van der Waals surface area contributed by atoms with Crippen molar-refractivity contribution >= 4 is 23.9 Å². The summed E-state index contributed by atoms with van der Waals surface area (Å²) in [6.45, 7) is 2.57. The largest absolute Gasteiger partial charge is 0.493 e. The van der Waals surface area contributed by atoms with Gasteiger partial charge < -0.3 is 40.1 Å². The Labute approximate surface area is 183 Å². The van der Waals surface area contributed by atoms with E-state index in [0.717, 1.165) is 0 Å². The van der Waals surface area contributed by atoms with Gasteiger partial charge in [-0.05, 0) is 26.0 Å². The van der Waals surface area contributed by atoms with Crippen LogP contribution in [0.3, 0.4) is 0 Å². The van der Waals surface area contributed by atoms with Gasteiger partial charge in [-0.15, -0.1) is 0 Å². The molecule has 12 nitrogen and oxygen atoms in total. The van der Waals surface area contributed by atoms with E-state index >= 15 is 0 Å². The maximum absolute atomic E-state index is 12.7. The number of carbonyl (C=O) groups is 4. The Morgan fingerprint density at radius 2 is 1.69 bits per heavy atom. The first-order valence-electron chi connectivity index (χ1n) is 9.53. The third kappa shape index (κ3) is 5.80. The van der Waals surface area contributed by atoms with E-state index in [-0.39, 0.29) is 40.7 Å². The zero-order valence-corrected chi connectivity index (χ0v) is 18.1. The number of primary amides is 1. The molecule has 0 aromatic heterocycles. The number of benzene rings is 1. The van der Waals surface area contributed by atoms with E-state index in [4.69, 9.17) is 29.4 Å². The van der Waals surface area contributed by atoms with E-state index in [1.165, 1.54) is 26.4 Å². The van der Waals surface area contributed by atoms with Crippen LogP contribution >= 0.6 is 0 Å². The highest BCUT2D eigenvalue weighted by Gasteiger charge is 2.30. The fourth-order valence-corrected chi connectivity index (χ4v) is 2.90. The van der Waals surface area contributed by atoms with E-state index in [9.17, 15) is 19.2 Å². The lowest BCUT2D eigenvalue weighted by atomic mass is 10.0. The molecular formula is C20H25N3O9.